The van der Waals surface area contributed by atoms with Crippen LogP contribution >= 0.6 is 0 Å². The number of nitrogens with zero attached hydrogens (tertiary/aromatic N) is 1. The number of alkyl halides is 2. The molecule has 0 aliphatic carbocycles. The van der Waals surface area contributed by atoms with E-state index in [1.165, 1.54) is 19.2 Å². The second kappa shape index (κ2) is 6.67. The zero-order valence-corrected chi connectivity index (χ0v) is 10.4. The maximum absolute atomic E-state index is 12.1. The van der Waals surface area contributed by atoms with Crippen LogP contribution in [0, 0.1) is 0 Å². The molecule has 1 aromatic carbocycles. The molecule has 7 heteroatoms. The van der Waals surface area contributed by atoms with Crippen molar-refractivity contribution in [1.82, 2.24) is 10.2 Å². The number of nitrogen functional groups attached to an aromatic ring is 1. The Hall–Kier alpha value is -2.18. The molecule has 0 bridgehead atoms. The van der Waals surface area contributed by atoms with Crippen molar-refractivity contribution < 1.29 is 18.4 Å². The quantitative estimate of drug-likeness (QED) is 0.775. The van der Waals surface area contributed by atoms with Gasteiger partial charge in [0.25, 0.3) is 12.3 Å². The standard InChI is InChI=1S/C12H15F2N3O2/c1-17(7-10(13)14)11(18)6-16-12(19)8-2-4-9(15)5-3-8/h2-5,10H,6-7,15H2,1H3,(H,16,19). The first kappa shape index (κ1) is 14.9. The molecular weight excluding hydrogens is 256 g/mol. The lowest BCUT2D eigenvalue weighted by molar-refractivity contribution is -0.130. The van der Waals surface area contributed by atoms with Gasteiger partial charge in [-0.2, -0.15) is 0 Å². The summed E-state index contributed by atoms with van der Waals surface area (Å²) >= 11 is 0. The van der Waals surface area contributed by atoms with Crippen LogP contribution in [0.15, 0.2) is 24.3 Å². The van der Waals surface area contributed by atoms with E-state index in [1.54, 1.807) is 12.1 Å². The predicted octanol–water partition coefficient (Wildman–Crippen LogP) is 0.722. The number of carbonyl (C=O) groups excluding carboxylic acids is 2. The molecule has 0 aliphatic heterocycles. The molecule has 0 unspecified atom stereocenters. The molecule has 0 aromatic heterocycles. The Bertz CT molecular complexity index is 449. The Kier molecular flexibility index (Phi) is 5.23. The fourth-order valence-corrected chi connectivity index (χ4v) is 1.34. The van der Waals surface area contributed by atoms with Gasteiger partial charge in [-0.1, -0.05) is 0 Å². The first-order chi connectivity index (χ1) is 8.90. The van der Waals surface area contributed by atoms with Gasteiger partial charge in [0.15, 0.2) is 0 Å². The summed E-state index contributed by atoms with van der Waals surface area (Å²) in [5.41, 5.74) is 6.34. The van der Waals surface area contributed by atoms with Gasteiger partial charge in [0.1, 0.15) is 0 Å². The van der Waals surface area contributed by atoms with Crippen molar-refractivity contribution in [1.29, 1.82) is 0 Å². The lowest BCUT2D eigenvalue weighted by Crippen LogP contribution is -2.40. The van der Waals surface area contributed by atoms with Crippen LogP contribution in [0.25, 0.3) is 0 Å². The van der Waals surface area contributed by atoms with Crippen LogP contribution in [-0.4, -0.2) is 43.3 Å². The molecule has 0 radical (unpaired) electrons. The van der Waals surface area contributed by atoms with E-state index < -0.39 is 24.8 Å². The first-order valence-electron chi connectivity index (χ1n) is 5.56. The third-order valence-electron chi connectivity index (χ3n) is 2.41. The Morgan fingerprint density at radius 1 is 1.32 bits per heavy atom. The zero-order chi connectivity index (χ0) is 14.4. The number of anilines is 1. The van der Waals surface area contributed by atoms with Gasteiger partial charge in [0, 0.05) is 18.3 Å². The van der Waals surface area contributed by atoms with Gasteiger partial charge in [0.2, 0.25) is 5.91 Å². The van der Waals surface area contributed by atoms with Gasteiger partial charge < -0.3 is 16.0 Å². The van der Waals surface area contributed by atoms with Crippen LogP contribution in [0.2, 0.25) is 0 Å². The number of hydrogen-bond acceptors (Lipinski definition) is 3. The minimum atomic E-state index is -2.60. The molecule has 0 heterocycles. The molecule has 0 spiro atoms. The van der Waals surface area contributed by atoms with Gasteiger partial charge in [-0.3, -0.25) is 9.59 Å². The normalized spacial score (nSPS) is 10.3. The molecule has 2 amide bonds. The number of rotatable bonds is 5. The Morgan fingerprint density at radius 3 is 2.42 bits per heavy atom. The van der Waals surface area contributed by atoms with Crippen LogP contribution in [0.3, 0.4) is 0 Å². The molecule has 19 heavy (non-hydrogen) atoms. The van der Waals surface area contributed by atoms with Crippen molar-refractivity contribution >= 4 is 17.5 Å². The number of nitrogens with two attached hydrogens (primary N) is 1. The average Bonchev–Trinajstić information content (AvgIpc) is 2.35. The highest BCUT2D eigenvalue weighted by molar-refractivity contribution is 5.96. The summed E-state index contributed by atoms with van der Waals surface area (Å²) in [6.07, 6.45) is -2.60. The van der Waals surface area contributed by atoms with Crippen molar-refractivity contribution in [2.24, 2.45) is 0 Å². The summed E-state index contributed by atoms with van der Waals surface area (Å²) < 4.78 is 24.1. The Balaban J connectivity index is 2.46. The highest BCUT2D eigenvalue weighted by Gasteiger charge is 2.15. The van der Waals surface area contributed by atoms with E-state index in [0.29, 0.717) is 11.3 Å². The van der Waals surface area contributed by atoms with Crippen LogP contribution < -0.4 is 11.1 Å². The first-order valence-corrected chi connectivity index (χ1v) is 5.56. The van der Waals surface area contributed by atoms with E-state index in [0.717, 1.165) is 4.90 Å². The van der Waals surface area contributed by atoms with E-state index in [2.05, 4.69) is 5.32 Å². The predicted molar refractivity (Wildman–Crippen MR) is 66.8 cm³/mol. The van der Waals surface area contributed by atoms with E-state index >= 15 is 0 Å². The lowest BCUT2D eigenvalue weighted by atomic mass is 10.2. The number of likely N-dealkylation sites (N-methyl/N-ethyl adjacent to an activating group) is 1. The van der Waals surface area contributed by atoms with Crippen molar-refractivity contribution in [3.05, 3.63) is 29.8 Å². The lowest BCUT2D eigenvalue weighted by Gasteiger charge is -2.16. The molecule has 0 fully saturated rings. The van der Waals surface area contributed by atoms with Crippen molar-refractivity contribution in [3.8, 4) is 0 Å². The van der Waals surface area contributed by atoms with Crippen LogP contribution in [0.1, 0.15) is 10.4 Å². The van der Waals surface area contributed by atoms with Crippen molar-refractivity contribution in [2.45, 2.75) is 6.43 Å². The molecule has 3 N–H and O–H groups in total. The fourth-order valence-electron chi connectivity index (χ4n) is 1.34. The van der Waals surface area contributed by atoms with Gasteiger partial charge >= 0.3 is 0 Å². The summed E-state index contributed by atoms with van der Waals surface area (Å²) in [5, 5.41) is 2.36. The van der Waals surface area contributed by atoms with E-state index in [4.69, 9.17) is 5.73 Å². The molecule has 0 atom stereocenters. The van der Waals surface area contributed by atoms with Crippen LogP contribution in [0.4, 0.5) is 14.5 Å². The number of carbonyl (C=O) groups is 2. The van der Waals surface area contributed by atoms with Crippen molar-refractivity contribution in [2.75, 3.05) is 25.9 Å². The summed E-state index contributed by atoms with van der Waals surface area (Å²) in [7, 11) is 1.25. The fraction of sp³-hybridized carbons (Fsp3) is 0.333. The van der Waals surface area contributed by atoms with Crippen LogP contribution in [-0.2, 0) is 4.79 Å². The van der Waals surface area contributed by atoms with E-state index in [-0.39, 0.29) is 6.54 Å². The topological polar surface area (TPSA) is 75.4 Å². The number of nitrogens with one attached hydrogen (secondary N) is 1. The molecule has 0 aliphatic rings. The maximum Gasteiger partial charge on any atom is 0.255 e. The summed E-state index contributed by atoms with van der Waals surface area (Å²) in [5.74, 6) is -1.04. The summed E-state index contributed by atoms with van der Waals surface area (Å²) in [6.45, 7) is -0.983. The molecule has 1 rings (SSSR count). The summed E-state index contributed by atoms with van der Waals surface area (Å²) in [6, 6.07) is 6.13. The Labute approximate surface area is 109 Å². The second-order valence-corrected chi connectivity index (χ2v) is 3.97. The van der Waals surface area contributed by atoms with Gasteiger partial charge in [-0.25, -0.2) is 8.78 Å². The minimum Gasteiger partial charge on any atom is -0.399 e. The Morgan fingerprint density at radius 2 is 1.89 bits per heavy atom. The van der Waals surface area contributed by atoms with Gasteiger partial charge in [0.05, 0.1) is 13.1 Å². The molecule has 5 nitrogen and oxygen atoms in total. The van der Waals surface area contributed by atoms with E-state index in [9.17, 15) is 18.4 Å². The summed E-state index contributed by atoms with van der Waals surface area (Å²) in [4.78, 5) is 23.9. The number of halogens is 2. The molecule has 104 valence electrons. The number of amides is 2. The SMILES string of the molecule is CN(CC(F)F)C(=O)CNC(=O)c1ccc(N)cc1. The smallest absolute Gasteiger partial charge is 0.255 e. The maximum atomic E-state index is 12.1. The average molecular weight is 271 g/mol. The van der Waals surface area contributed by atoms with Gasteiger partial charge in [-0.15, -0.1) is 0 Å². The largest absolute Gasteiger partial charge is 0.399 e. The third kappa shape index (κ3) is 4.90. The third-order valence-corrected chi connectivity index (χ3v) is 2.41. The number of benzene rings is 1. The van der Waals surface area contributed by atoms with Crippen LogP contribution in [0.5, 0.6) is 0 Å². The minimum absolute atomic E-state index is 0.327. The van der Waals surface area contributed by atoms with Gasteiger partial charge in [-0.05, 0) is 24.3 Å². The monoisotopic (exact) mass is 271 g/mol. The highest BCUT2D eigenvalue weighted by Crippen LogP contribution is 2.05. The number of hydrogen-bond donors (Lipinski definition) is 2. The molecular formula is C12H15F2N3O2. The van der Waals surface area contributed by atoms with E-state index in [1.807, 2.05) is 0 Å². The van der Waals surface area contributed by atoms with Crippen molar-refractivity contribution in [3.63, 3.8) is 0 Å². The molecule has 0 saturated carbocycles. The second-order valence-electron chi connectivity index (χ2n) is 3.97. The highest BCUT2D eigenvalue weighted by atomic mass is 19.3. The molecule has 0 saturated heterocycles. The molecule has 1 aromatic rings. The zero-order valence-electron chi connectivity index (χ0n) is 10.4.